The van der Waals surface area contributed by atoms with Crippen LogP contribution in [-0.4, -0.2) is 31.7 Å². The van der Waals surface area contributed by atoms with Gasteiger partial charge in [-0.2, -0.15) is 0 Å². The molecule has 0 radical (unpaired) electrons. The Morgan fingerprint density at radius 2 is 2.19 bits per heavy atom. The van der Waals surface area contributed by atoms with Gasteiger partial charge in [0.15, 0.2) is 0 Å². The number of carbonyl (C=O) groups excluding carboxylic acids is 1. The van der Waals surface area contributed by atoms with Crippen molar-refractivity contribution in [3.05, 3.63) is 30.5 Å². The predicted octanol–water partition coefficient (Wildman–Crippen LogP) is 1.78. The van der Waals surface area contributed by atoms with Gasteiger partial charge < -0.3 is 14.6 Å². The van der Waals surface area contributed by atoms with Crippen LogP contribution in [0.3, 0.4) is 0 Å². The van der Waals surface area contributed by atoms with Crippen LogP contribution in [0.5, 0.6) is 0 Å². The number of fused-ring (bicyclic) bond motifs is 1. The number of rotatable bonds is 3. The molecular weight excluding hydrogens is 204 g/mol. The van der Waals surface area contributed by atoms with Crippen molar-refractivity contribution in [1.29, 1.82) is 0 Å². The SMILES string of the molecule is COC(=O)CN(C)c1c[nH]c2ccccc12. The first-order valence-electron chi connectivity index (χ1n) is 5.06. The number of methoxy groups -OCH3 is 1. The third-order valence-corrected chi connectivity index (χ3v) is 2.57. The summed E-state index contributed by atoms with van der Waals surface area (Å²) in [6.07, 6.45) is 1.90. The fourth-order valence-corrected chi connectivity index (χ4v) is 1.72. The summed E-state index contributed by atoms with van der Waals surface area (Å²) in [6, 6.07) is 7.98. The molecule has 1 aromatic carbocycles. The molecule has 16 heavy (non-hydrogen) atoms. The zero-order valence-corrected chi connectivity index (χ0v) is 9.36. The number of nitrogens with zero attached hydrogens (tertiary/aromatic N) is 1. The molecule has 2 rings (SSSR count). The van der Waals surface area contributed by atoms with Crippen molar-refractivity contribution in [3.63, 3.8) is 0 Å². The third-order valence-electron chi connectivity index (χ3n) is 2.57. The quantitative estimate of drug-likeness (QED) is 0.799. The molecule has 0 bridgehead atoms. The van der Waals surface area contributed by atoms with Crippen LogP contribution >= 0.6 is 0 Å². The Labute approximate surface area is 93.8 Å². The van der Waals surface area contributed by atoms with E-state index >= 15 is 0 Å². The summed E-state index contributed by atoms with van der Waals surface area (Å²) in [6.45, 7) is 0.248. The molecule has 1 heterocycles. The number of esters is 1. The molecule has 0 saturated carbocycles. The van der Waals surface area contributed by atoms with E-state index in [2.05, 4.69) is 9.72 Å². The summed E-state index contributed by atoms with van der Waals surface area (Å²) >= 11 is 0. The van der Waals surface area contributed by atoms with E-state index < -0.39 is 0 Å². The second-order valence-electron chi connectivity index (χ2n) is 3.65. The molecule has 0 spiro atoms. The Kier molecular flexibility index (Phi) is 2.81. The highest BCUT2D eigenvalue weighted by atomic mass is 16.5. The van der Waals surface area contributed by atoms with Gasteiger partial charge in [-0.25, -0.2) is 0 Å². The van der Waals surface area contributed by atoms with E-state index in [1.54, 1.807) is 0 Å². The lowest BCUT2D eigenvalue weighted by atomic mass is 10.2. The van der Waals surface area contributed by atoms with E-state index in [1.807, 2.05) is 42.4 Å². The summed E-state index contributed by atoms with van der Waals surface area (Å²) < 4.78 is 4.64. The van der Waals surface area contributed by atoms with Gasteiger partial charge in [-0.05, 0) is 6.07 Å². The third kappa shape index (κ3) is 1.86. The molecule has 1 N–H and O–H groups in total. The number of nitrogens with one attached hydrogen (secondary N) is 1. The number of carbonyl (C=O) groups is 1. The molecule has 4 nitrogen and oxygen atoms in total. The summed E-state index contributed by atoms with van der Waals surface area (Å²) in [5, 5.41) is 1.11. The number of aromatic amines is 1. The fraction of sp³-hybridized carbons (Fsp3) is 0.250. The molecular formula is C12H14N2O2. The van der Waals surface area contributed by atoms with Gasteiger partial charge in [-0.3, -0.25) is 4.79 Å². The Morgan fingerprint density at radius 1 is 1.44 bits per heavy atom. The number of ether oxygens (including phenoxy) is 1. The van der Waals surface area contributed by atoms with Gasteiger partial charge in [0.25, 0.3) is 0 Å². The standard InChI is InChI=1S/C12H14N2O2/c1-14(8-12(15)16-2)11-7-13-10-6-4-3-5-9(10)11/h3-7,13H,8H2,1-2H3. The van der Waals surface area contributed by atoms with Crippen molar-refractivity contribution in [2.24, 2.45) is 0 Å². The van der Waals surface area contributed by atoms with Crippen LogP contribution in [0.15, 0.2) is 30.5 Å². The highest BCUT2D eigenvalue weighted by molar-refractivity contribution is 5.93. The number of H-pyrrole nitrogens is 1. The minimum absolute atomic E-state index is 0.243. The number of hydrogen-bond donors (Lipinski definition) is 1. The first-order valence-corrected chi connectivity index (χ1v) is 5.06. The van der Waals surface area contributed by atoms with Crippen LogP contribution in [-0.2, 0) is 9.53 Å². The lowest BCUT2D eigenvalue weighted by Gasteiger charge is -2.16. The predicted molar refractivity (Wildman–Crippen MR) is 63.6 cm³/mol. The van der Waals surface area contributed by atoms with Crippen molar-refractivity contribution >= 4 is 22.6 Å². The monoisotopic (exact) mass is 218 g/mol. The normalized spacial score (nSPS) is 10.4. The van der Waals surface area contributed by atoms with E-state index in [-0.39, 0.29) is 12.5 Å². The zero-order valence-electron chi connectivity index (χ0n) is 9.36. The fourth-order valence-electron chi connectivity index (χ4n) is 1.72. The molecule has 2 aromatic rings. The molecule has 4 heteroatoms. The van der Waals surface area contributed by atoms with Gasteiger partial charge in [0.05, 0.1) is 12.8 Å². The molecule has 0 aliphatic heterocycles. The number of hydrogen-bond acceptors (Lipinski definition) is 3. The van der Waals surface area contributed by atoms with Crippen molar-refractivity contribution < 1.29 is 9.53 Å². The molecule has 0 aliphatic rings. The molecule has 0 atom stereocenters. The minimum Gasteiger partial charge on any atom is -0.468 e. The number of likely N-dealkylation sites (N-methyl/N-ethyl adjacent to an activating group) is 1. The number of aromatic nitrogens is 1. The Hall–Kier alpha value is -1.97. The number of benzene rings is 1. The number of anilines is 1. The van der Waals surface area contributed by atoms with Gasteiger partial charge in [0.1, 0.15) is 6.54 Å². The Balaban J connectivity index is 2.29. The molecule has 0 fully saturated rings. The zero-order chi connectivity index (χ0) is 11.5. The lowest BCUT2D eigenvalue weighted by Crippen LogP contribution is -2.26. The average Bonchev–Trinajstić information content (AvgIpc) is 2.72. The van der Waals surface area contributed by atoms with Gasteiger partial charge >= 0.3 is 5.97 Å². The van der Waals surface area contributed by atoms with E-state index in [1.165, 1.54) is 7.11 Å². The van der Waals surface area contributed by atoms with Crippen LogP contribution in [0.1, 0.15) is 0 Å². The van der Waals surface area contributed by atoms with Gasteiger partial charge in [-0.15, -0.1) is 0 Å². The van der Waals surface area contributed by atoms with E-state index in [0.29, 0.717) is 0 Å². The minimum atomic E-state index is -0.243. The first-order chi connectivity index (χ1) is 7.72. The lowest BCUT2D eigenvalue weighted by molar-refractivity contribution is -0.138. The van der Waals surface area contributed by atoms with E-state index in [0.717, 1.165) is 16.6 Å². The maximum Gasteiger partial charge on any atom is 0.325 e. The maximum atomic E-state index is 11.2. The molecule has 0 amide bonds. The highest BCUT2D eigenvalue weighted by Gasteiger charge is 2.11. The highest BCUT2D eigenvalue weighted by Crippen LogP contribution is 2.25. The van der Waals surface area contributed by atoms with E-state index in [4.69, 9.17) is 0 Å². The summed E-state index contributed by atoms with van der Waals surface area (Å²) in [4.78, 5) is 16.2. The Bertz CT molecular complexity index is 504. The van der Waals surface area contributed by atoms with Gasteiger partial charge in [-0.1, -0.05) is 18.2 Å². The van der Waals surface area contributed by atoms with Gasteiger partial charge in [0, 0.05) is 24.1 Å². The van der Waals surface area contributed by atoms with Crippen molar-refractivity contribution in [1.82, 2.24) is 4.98 Å². The van der Waals surface area contributed by atoms with Gasteiger partial charge in [0.2, 0.25) is 0 Å². The molecule has 0 saturated heterocycles. The maximum absolute atomic E-state index is 11.2. The van der Waals surface area contributed by atoms with Crippen molar-refractivity contribution in [2.75, 3.05) is 25.6 Å². The molecule has 1 aromatic heterocycles. The molecule has 0 aliphatic carbocycles. The smallest absolute Gasteiger partial charge is 0.325 e. The summed E-state index contributed by atoms with van der Waals surface area (Å²) in [5.41, 5.74) is 2.07. The summed E-state index contributed by atoms with van der Waals surface area (Å²) in [5.74, 6) is -0.243. The van der Waals surface area contributed by atoms with Crippen LogP contribution in [0, 0.1) is 0 Å². The van der Waals surface area contributed by atoms with Crippen molar-refractivity contribution in [2.45, 2.75) is 0 Å². The topological polar surface area (TPSA) is 45.3 Å². The molecule has 0 unspecified atom stereocenters. The van der Waals surface area contributed by atoms with Crippen LogP contribution < -0.4 is 4.90 Å². The number of para-hydroxylation sites is 1. The summed E-state index contributed by atoms with van der Waals surface area (Å²) in [7, 11) is 3.26. The second kappa shape index (κ2) is 4.26. The van der Waals surface area contributed by atoms with Crippen LogP contribution in [0.25, 0.3) is 10.9 Å². The van der Waals surface area contributed by atoms with Crippen LogP contribution in [0.2, 0.25) is 0 Å². The Morgan fingerprint density at radius 3 is 2.94 bits per heavy atom. The largest absolute Gasteiger partial charge is 0.468 e. The van der Waals surface area contributed by atoms with Crippen LogP contribution in [0.4, 0.5) is 5.69 Å². The second-order valence-corrected chi connectivity index (χ2v) is 3.65. The van der Waals surface area contributed by atoms with Crippen molar-refractivity contribution in [3.8, 4) is 0 Å². The van der Waals surface area contributed by atoms with E-state index in [9.17, 15) is 4.79 Å². The first kappa shape index (κ1) is 10.5. The molecule has 84 valence electrons. The average molecular weight is 218 g/mol.